The van der Waals surface area contributed by atoms with Crippen molar-refractivity contribution in [1.82, 2.24) is 5.32 Å². The zero-order valence-electron chi connectivity index (χ0n) is 10.4. The molecular formula is C11H23NO5. The van der Waals surface area contributed by atoms with Crippen LogP contribution in [0.3, 0.4) is 0 Å². The lowest BCUT2D eigenvalue weighted by Gasteiger charge is -2.06. The first-order valence-electron chi connectivity index (χ1n) is 5.92. The van der Waals surface area contributed by atoms with Gasteiger partial charge in [0.15, 0.2) is 0 Å². The summed E-state index contributed by atoms with van der Waals surface area (Å²) >= 11 is 0. The van der Waals surface area contributed by atoms with Gasteiger partial charge in [0.05, 0.1) is 33.0 Å². The number of hydrogen-bond donors (Lipinski definition) is 2. The van der Waals surface area contributed by atoms with E-state index in [1.807, 2.05) is 6.92 Å². The van der Waals surface area contributed by atoms with Crippen LogP contribution in [0, 0.1) is 0 Å². The highest BCUT2D eigenvalue weighted by Gasteiger charge is 2.00. The van der Waals surface area contributed by atoms with Crippen LogP contribution in [0.2, 0.25) is 0 Å². The Balaban J connectivity index is 3.12. The van der Waals surface area contributed by atoms with Crippen LogP contribution in [0.4, 0.5) is 0 Å². The molecule has 1 amide bonds. The maximum atomic E-state index is 11.2. The van der Waals surface area contributed by atoms with Crippen LogP contribution in [-0.2, 0) is 19.0 Å². The topological polar surface area (TPSA) is 77.0 Å². The van der Waals surface area contributed by atoms with E-state index in [0.717, 1.165) is 13.0 Å². The van der Waals surface area contributed by atoms with E-state index in [4.69, 9.17) is 19.3 Å². The Kier molecular flexibility index (Phi) is 12.8. The Bertz CT molecular complexity index is 177. The Morgan fingerprint density at radius 3 is 2.47 bits per heavy atom. The molecule has 0 bridgehead atoms. The fourth-order valence-electron chi connectivity index (χ4n) is 1.01. The van der Waals surface area contributed by atoms with E-state index < -0.39 is 0 Å². The van der Waals surface area contributed by atoms with Crippen LogP contribution < -0.4 is 5.32 Å². The van der Waals surface area contributed by atoms with Gasteiger partial charge in [-0.2, -0.15) is 0 Å². The normalized spacial score (nSPS) is 10.5. The Morgan fingerprint density at radius 1 is 1.06 bits per heavy atom. The largest absolute Gasteiger partial charge is 0.394 e. The van der Waals surface area contributed by atoms with E-state index in [1.165, 1.54) is 0 Å². The molecule has 102 valence electrons. The first kappa shape index (κ1) is 16.3. The number of amides is 1. The summed E-state index contributed by atoms with van der Waals surface area (Å²) < 4.78 is 15.3. The van der Waals surface area contributed by atoms with E-state index in [9.17, 15) is 4.79 Å². The molecule has 6 nitrogen and oxygen atoms in total. The van der Waals surface area contributed by atoms with E-state index in [-0.39, 0.29) is 19.1 Å². The van der Waals surface area contributed by atoms with Crippen LogP contribution in [0.25, 0.3) is 0 Å². The molecule has 0 heterocycles. The molecule has 0 aromatic rings. The van der Waals surface area contributed by atoms with Crippen LogP contribution in [0.5, 0.6) is 0 Å². The van der Waals surface area contributed by atoms with E-state index >= 15 is 0 Å². The average molecular weight is 249 g/mol. The Morgan fingerprint density at radius 2 is 1.76 bits per heavy atom. The molecule has 0 aromatic heterocycles. The van der Waals surface area contributed by atoms with Crippen LogP contribution in [0.15, 0.2) is 0 Å². The highest BCUT2D eigenvalue weighted by Crippen LogP contribution is 1.82. The molecule has 6 heteroatoms. The third-order valence-corrected chi connectivity index (χ3v) is 1.76. The van der Waals surface area contributed by atoms with Crippen LogP contribution in [-0.4, -0.2) is 63.8 Å². The van der Waals surface area contributed by atoms with E-state index in [2.05, 4.69) is 5.32 Å². The number of hydrogen-bond acceptors (Lipinski definition) is 5. The smallest absolute Gasteiger partial charge is 0.246 e. The summed E-state index contributed by atoms with van der Waals surface area (Å²) in [6.07, 6.45) is 0.980. The molecule has 0 unspecified atom stereocenters. The molecular weight excluding hydrogens is 226 g/mol. The van der Waals surface area contributed by atoms with Crippen LogP contribution in [0.1, 0.15) is 13.3 Å². The molecule has 0 radical (unpaired) electrons. The van der Waals surface area contributed by atoms with Crippen molar-refractivity contribution >= 4 is 5.91 Å². The number of ether oxygens (including phenoxy) is 3. The van der Waals surface area contributed by atoms with E-state index in [0.29, 0.717) is 33.0 Å². The monoisotopic (exact) mass is 249 g/mol. The second-order valence-electron chi connectivity index (χ2n) is 3.35. The van der Waals surface area contributed by atoms with Gasteiger partial charge >= 0.3 is 0 Å². The summed E-state index contributed by atoms with van der Waals surface area (Å²) in [4.78, 5) is 11.2. The van der Waals surface area contributed by atoms with Gasteiger partial charge in [-0.1, -0.05) is 6.92 Å². The molecule has 17 heavy (non-hydrogen) atoms. The molecule has 0 aromatic carbocycles. The minimum atomic E-state index is -0.173. The van der Waals surface area contributed by atoms with Gasteiger partial charge < -0.3 is 24.6 Å². The Labute approximate surface area is 102 Å². The van der Waals surface area contributed by atoms with Crippen molar-refractivity contribution in [3.63, 3.8) is 0 Å². The van der Waals surface area contributed by atoms with Crippen molar-refractivity contribution < 1.29 is 24.1 Å². The minimum absolute atomic E-state index is 0.00514. The molecule has 0 aliphatic rings. The van der Waals surface area contributed by atoms with Crippen LogP contribution >= 0.6 is 0 Å². The SMILES string of the molecule is CCCOCCOCC(=O)NCCOCCO. The second kappa shape index (κ2) is 13.4. The van der Waals surface area contributed by atoms with Gasteiger partial charge in [0.25, 0.3) is 0 Å². The first-order chi connectivity index (χ1) is 8.31. The second-order valence-corrected chi connectivity index (χ2v) is 3.35. The predicted octanol–water partition coefficient (Wildman–Crippen LogP) is -0.445. The van der Waals surface area contributed by atoms with Gasteiger partial charge in [0.2, 0.25) is 5.91 Å². The van der Waals surface area contributed by atoms with E-state index in [1.54, 1.807) is 0 Å². The van der Waals surface area contributed by atoms with Crippen molar-refractivity contribution in [2.45, 2.75) is 13.3 Å². The molecule has 0 saturated heterocycles. The van der Waals surface area contributed by atoms with Crippen molar-refractivity contribution in [2.24, 2.45) is 0 Å². The lowest BCUT2D eigenvalue weighted by atomic mass is 10.5. The highest BCUT2D eigenvalue weighted by molar-refractivity contribution is 5.77. The lowest BCUT2D eigenvalue weighted by molar-refractivity contribution is -0.126. The minimum Gasteiger partial charge on any atom is -0.394 e. The molecule has 0 fully saturated rings. The Hall–Kier alpha value is -0.690. The molecule has 0 saturated carbocycles. The average Bonchev–Trinajstić information content (AvgIpc) is 2.33. The fraction of sp³-hybridized carbons (Fsp3) is 0.909. The standard InChI is InChI=1S/C11H23NO5/c1-2-5-15-8-9-17-10-11(14)12-3-6-16-7-4-13/h13H,2-10H2,1H3,(H,12,14). The first-order valence-corrected chi connectivity index (χ1v) is 5.92. The van der Waals surface area contributed by atoms with Gasteiger partial charge in [-0.3, -0.25) is 4.79 Å². The summed E-state index contributed by atoms with van der Waals surface area (Å²) in [6.45, 7) is 4.84. The zero-order valence-corrected chi connectivity index (χ0v) is 10.4. The lowest BCUT2D eigenvalue weighted by Crippen LogP contribution is -2.31. The summed E-state index contributed by atoms with van der Waals surface area (Å²) in [5, 5.41) is 11.1. The van der Waals surface area contributed by atoms with Gasteiger partial charge in [-0.05, 0) is 6.42 Å². The third-order valence-electron chi connectivity index (χ3n) is 1.76. The number of rotatable bonds is 12. The maximum Gasteiger partial charge on any atom is 0.246 e. The molecule has 0 aliphatic heterocycles. The molecule has 0 spiro atoms. The number of carbonyl (C=O) groups is 1. The third kappa shape index (κ3) is 13.2. The van der Waals surface area contributed by atoms with Crippen molar-refractivity contribution in [3.8, 4) is 0 Å². The quantitative estimate of drug-likeness (QED) is 0.458. The molecule has 0 rings (SSSR count). The van der Waals surface area contributed by atoms with Crippen molar-refractivity contribution in [3.05, 3.63) is 0 Å². The summed E-state index contributed by atoms with van der Waals surface area (Å²) in [6, 6.07) is 0. The zero-order chi connectivity index (χ0) is 12.8. The number of aliphatic hydroxyl groups excluding tert-OH is 1. The number of aliphatic hydroxyl groups is 1. The summed E-state index contributed by atoms with van der Waals surface area (Å²) in [5.41, 5.74) is 0. The predicted molar refractivity (Wildman–Crippen MR) is 62.8 cm³/mol. The van der Waals surface area contributed by atoms with Gasteiger partial charge in [-0.15, -0.1) is 0 Å². The fourth-order valence-corrected chi connectivity index (χ4v) is 1.01. The maximum absolute atomic E-state index is 11.2. The molecule has 2 N–H and O–H groups in total. The molecule has 0 aliphatic carbocycles. The summed E-state index contributed by atoms with van der Waals surface area (Å²) in [5.74, 6) is -0.173. The molecule has 0 atom stereocenters. The van der Waals surface area contributed by atoms with Gasteiger partial charge in [-0.25, -0.2) is 0 Å². The summed E-state index contributed by atoms with van der Waals surface area (Å²) in [7, 11) is 0. The number of carbonyl (C=O) groups excluding carboxylic acids is 1. The van der Waals surface area contributed by atoms with Gasteiger partial charge in [0.1, 0.15) is 6.61 Å². The van der Waals surface area contributed by atoms with Crippen molar-refractivity contribution in [2.75, 3.05) is 52.8 Å². The van der Waals surface area contributed by atoms with Crippen molar-refractivity contribution in [1.29, 1.82) is 0 Å². The van der Waals surface area contributed by atoms with Gasteiger partial charge in [0, 0.05) is 13.2 Å². The number of nitrogens with one attached hydrogen (secondary N) is 1. The highest BCUT2D eigenvalue weighted by atomic mass is 16.5.